The first-order chi connectivity index (χ1) is 14.0. The lowest BCUT2D eigenvalue weighted by atomic mass is 10.1. The number of aromatic nitrogens is 3. The van der Waals surface area contributed by atoms with Crippen LogP contribution in [0.25, 0.3) is 10.6 Å². The summed E-state index contributed by atoms with van der Waals surface area (Å²) < 4.78 is 13.3. The molecular formula is C19H16FN5O3S. The van der Waals surface area contributed by atoms with Gasteiger partial charge in [0, 0.05) is 37.5 Å². The van der Waals surface area contributed by atoms with Crippen LogP contribution in [0.1, 0.15) is 23.9 Å². The van der Waals surface area contributed by atoms with E-state index in [9.17, 15) is 19.3 Å². The van der Waals surface area contributed by atoms with Gasteiger partial charge in [0.2, 0.25) is 5.91 Å². The minimum atomic E-state index is -0.557. The third-order valence-corrected chi connectivity index (χ3v) is 5.68. The van der Waals surface area contributed by atoms with Gasteiger partial charge in [0.05, 0.1) is 21.9 Å². The Morgan fingerprint density at radius 3 is 2.76 bits per heavy atom. The average Bonchev–Trinajstić information content (AvgIpc) is 3.38. The highest BCUT2D eigenvalue weighted by molar-refractivity contribution is 7.13. The molecule has 0 saturated carbocycles. The van der Waals surface area contributed by atoms with Gasteiger partial charge < -0.3 is 4.90 Å². The first kappa shape index (κ1) is 19.1. The number of pyridine rings is 1. The summed E-state index contributed by atoms with van der Waals surface area (Å²) >= 11 is 0.898. The highest BCUT2D eigenvalue weighted by atomic mass is 32.1. The van der Waals surface area contributed by atoms with Crippen molar-refractivity contribution < 1.29 is 14.1 Å². The predicted octanol–water partition coefficient (Wildman–Crippen LogP) is 3.21. The first-order valence-electron chi connectivity index (χ1n) is 8.96. The fourth-order valence-electron chi connectivity index (χ4n) is 3.35. The molecule has 4 heterocycles. The Balaban J connectivity index is 1.53. The number of nitrogens with zero attached hydrogens (tertiary/aromatic N) is 5. The number of amides is 1. The van der Waals surface area contributed by atoms with Gasteiger partial charge in [0.25, 0.3) is 5.69 Å². The van der Waals surface area contributed by atoms with Gasteiger partial charge in [-0.05, 0) is 30.7 Å². The molecule has 0 radical (unpaired) electrons. The van der Waals surface area contributed by atoms with E-state index in [1.54, 1.807) is 29.4 Å². The number of hydrogen-bond donors (Lipinski definition) is 0. The summed E-state index contributed by atoms with van der Waals surface area (Å²) in [5.41, 5.74) is 0.260. The van der Waals surface area contributed by atoms with Crippen LogP contribution in [0, 0.1) is 15.2 Å². The van der Waals surface area contributed by atoms with Crippen LogP contribution in [0.5, 0.6) is 0 Å². The number of likely N-dealkylation sites (tertiary alicyclic amines) is 1. The van der Waals surface area contributed by atoms with Crippen LogP contribution in [0.2, 0.25) is 0 Å². The molecule has 1 unspecified atom stereocenters. The molecule has 1 amide bonds. The van der Waals surface area contributed by atoms with E-state index >= 15 is 0 Å². The monoisotopic (exact) mass is 413 g/mol. The molecule has 8 nitrogen and oxygen atoms in total. The minimum absolute atomic E-state index is 0.0449. The molecule has 148 valence electrons. The molecule has 10 heteroatoms. The van der Waals surface area contributed by atoms with E-state index < -0.39 is 4.92 Å². The number of carbonyl (C=O) groups is 1. The largest absolute Gasteiger partial charge is 0.342 e. The zero-order chi connectivity index (χ0) is 20.4. The van der Waals surface area contributed by atoms with Crippen LogP contribution in [0.3, 0.4) is 0 Å². The molecule has 3 aromatic rings. The summed E-state index contributed by atoms with van der Waals surface area (Å²) in [5, 5.41) is 11.0. The third kappa shape index (κ3) is 4.11. The van der Waals surface area contributed by atoms with Crippen molar-refractivity contribution in [1.29, 1.82) is 0 Å². The smallest absolute Gasteiger partial charge is 0.291 e. The molecule has 1 aliphatic rings. The topological polar surface area (TPSA) is 102 Å². The van der Waals surface area contributed by atoms with E-state index in [0.29, 0.717) is 29.5 Å². The normalized spacial score (nSPS) is 16.2. The molecule has 4 rings (SSSR count). The number of halogens is 1. The van der Waals surface area contributed by atoms with Crippen molar-refractivity contribution in [3.05, 3.63) is 69.5 Å². The molecule has 0 aromatic carbocycles. The molecule has 0 bridgehead atoms. The van der Waals surface area contributed by atoms with Crippen LogP contribution in [0.15, 0.2) is 42.7 Å². The van der Waals surface area contributed by atoms with E-state index in [2.05, 4.69) is 15.0 Å². The molecule has 0 aliphatic carbocycles. The van der Waals surface area contributed by atoms with Gasteiger partial charge in [-0.25, -0.2) is 15.0 Å². The van der Waals surface area contributed by atoms with Crippen LogP contribution in [0.4, 0.5) is 10.1 Å². The van der Waals surface area contributed by atoms with Crippen molar-refractivity contribution in [2.45, 2.75) is 18.8 Å². The Bertz CT molecular complexity index is 1060. The molecule has 29 heavy (non-hydrogen) atoms. The Morgan fingerprint density at radius 2 is 2.07 bits per heavy atom. The van der Waals surface area contributed by atoms with Gasteiger partial charge in [-0.2, -0.15) is 4.39 Å². The molecule has 0 spiro atoms. The number of hydrogen-bond acceptors (Lipinski definition) is 7. The number of carbonyl (C=O) groups excluding carboxylic acids is 1. The zero-order valence-electron chi connectivity index (χ0n) is 15.2. The molecule has 1 fully saturated rings. The second-order valence-electron chi connectivity index (χ2n) is 6.63. The van der Waals surface area contributed by atoms with Crippen molar-refractivity contribution in [3.8, 4) is 10.6 Å². The van der Waals surface area contributed by atoms with E-state index in [-0.39, 0.29) is 34.8 Å². The summed E-state index contributed by atoms with van der Waals surface area (Å²) in [6.07, 6.45) is 3.87. The van der Waals surface area contributed by atoms with Gasteiger partial charge in [-0.3, -0.25) is 14.9 Å². The maximum Gasteiger partial charge on any atom is 0.291 e. The lowest BCUT2D eigenvalue weighted by Gasteiger charge is -2.16. The fraction of sp³-hybridized carbons (Fsp3) is 0.263. The van der Waals surface area contributed by atoms with Crippen molar-refractivity contribution >= 4 is 22.9 Å². The summed E-state index contributed by atoms with van der Waals surface area (Å²) in [7, 11) is 0. The van der Waals surface area contributed by atoms with Crippen LogP contribution >= 0.6 is 11.3 Å². The summed E-state index contributed by atoms with van der Waals surface area (Å²) in [4.78, 5) is 38.6. The second kappa shape index (κ2) is 8.00. The van der Waals surface area contributed by atoms with Crippen molar-refractivity contribution in [1.82, 2.24) is 19.9 Å². The van der Waals surface area contributed by atoms with Crippen LogP contribution < -0.4 is 0 Å². The Morgan fingerprint density at radius 1 is 1.28 bits per heavy atom. The fourth-order valence-corrected chi connectivity index (χ4v) is 4.05. The summed E-state index contributed by atoms with van der Waals surface area (Å²) in [6.45, 7) is 0.998. The number of thiophene rings is 1. The Kier molecular flexibility index (Phi) is 5.26. The van der Waals surface area contributed by atoms with Crippen LogP contribution in [-0.2, 0) is 11.2 Å². The molecule has 1 saturated heterocycles. The van der Waals surface area contributed by atoms with Crippen molar-refractivity contribution in [2.24, 2.45) is 0 Å². The molecule has 1 atom stereocenters. The molecule has 1 aliphatic heterocycles. The Labute approximate surface area is 169 Å². The standard InChI is InChI=1S/C19H16FN5O3S/c20-17-5-4-16(29-17)13-2-3-15(25(27)28)14(23-13)10-18(26)24-9-6-12(11-24)19-21-7-1-8-22-19/h1-5,7-8,12H,6,9-11H2. The number of nitro groups is 1. The minimum Gasteiger partial charge on any atom is -0.342 e. The van der Waals surface area contributed by atoms with Gasteiger partial charge in [-0.1, -0.05) is 0 Å². The zero-order valence-corrected chi connectivity index (χ0v) is 16.0. The van der Waals surface area contributed by atoms with E-state index in [0.717, 1.165) is 17.8 Å². The van der Waals surface area contributed by atoms with Crippen LogP contribution in [-0.4, -0.2) is 43.8 Å². The first-order valence-corrected chi connectivity index (χ1v) is 9.77. The highest BCUT2D eigenvalue weighted by Crippen LogP contribution is 2.30. The van der Waals surface area contributed by atoms with Gasteiger partial charge in [0.15, 0.2) is 5.13 Å². The second-order valence-corrected chi connectivity index (χ2v) is 7.67. The van der Waals surface area contributed by atoms with Gasteiger partial charge >= 0.3 is 0 Å². The Hall–Kier alpha value is -3.27. The van der Waals surface area contributed by atoms with E-state index in [4.69, 9.17) is 0 Å². The summed E-state index contributed by atoms with van der Waals surface area (Å²) in [6, 6.07) is 7.39. The third-order valence-electron chi connectivity index (χ3n) is 4.78. The lowest BCUT2D eigenvalue weighted by molar-refractivity contribution is -0.385. The molecule has 0 N–H and O–H groups in total. The quantitative estimate of drug-likeness (QED) is 0.470. The molecular weight excluding hydrogens is 397 g/mol. The average molecular weight is 413 g/mol. The maximum absolute atomic E-state index is 13.3. The lowest BCUT2D eigenvalue weighted by Crippen LogP contribution is -2.30. The van der Waals surface area contributed by atoms with Gasteiger partial charge in [0.1, 0.15) is 11.5 Å². The van der Waals surface area contributed by atoms with Crippen molar-refractivity contribution in [2.75, 3.05) is 13.1 Å². The van der Waals surface area contributed by atoms with Crippen molar-refractivity contribution in [3.63, 3.8) is 0 Å². The molecule has 3 aromatic heterocycles. The van der Waals surface area contributed by atoms with E-state index in [1.165, 1.54) is 18.2 Å². The maximum atomic E-state index is 13.3. The van der Waals surface area contributed by atoms with E-state index in [1.807, 2.05) is 0 Å². The SMILES string of the molecule is O=C(Cc1nc(-c2ccc(F)s2)ccc1[N+](=O)[O-])N1CCC(c2ncccn2)C1. The predicted molar refractivity (Wildman–Crippen MR) is 104 cm³/mol. The summed E-state index contributed by atoms with van der Waals surface area (Å²) in [5.74, 6) is 0.491. The van der Waals surface area contributed by atoms with Gasteiger partial charge in [-0.15, -0.1) is 11.3 Å². The number of rotatable bonds is 5. The highest BCUT2D eigenvalue weighted by Gasteiger charge is 2.30.